The fourth-order valence-electron chi connectivity index (χ4n) is 2.80. The Labute approximate surface area is 164 Å². The fourth-order valence-corrected chi connectivity index (χ4v) is 2.80. The number of methoxy groups -OCH3 is 2. The average Bonchev–Trinajstić information content (AvgIpc) is 3.25. The van der Waals surface area contributed by atoms with E-state index in [-0.39, 0.29) is 5.91 Å². The first kappa shape index (κ1) is 19.4. The lowest BCUT2D eigenvalue weighted by Crippen LogP contribution is -2.24. The molecule has 0 aliphatic heterocycles. The molecule has 0 saturated carbocycles. The molecule has 0 bridgehead atoms. The summed E-state index contributed by atoms with van der Waals surface area (Å²) < 4.78 is 15.9. The smallest absolute Gasteiger partial charge is 0.224 e. The van der Waals surface area contributed by atoms with Crippen LogP contribution in [0.1, 0.15) is 16.9 Å². The van der Waals surface area contributed by atoms with Crippen LogP contribution in [-0.4, -0.2) is 20.1 Å². The minimum atomic E-state index is -0.0433. The zero-order valence-electron chi connectivity index (χ0n) is 16.0. The number of rotatable bonds is 9. The van der Waals surface area contributed by atoms with Gasteiger partial charge in [0.05, 0.1) is 33.4 Å². The summed E-state index contributed by atoms with van der Waals surface area (Å²) in [7, 11) is 3.29. The highest BCUT2D eigenvalue weighted by Gasteiger charge is 2.07. The third-order valence-electron chi connectivity index (χ3n) is 4.33. The summed E-state index contributed by atoms with van der Waals surface area (Å²) in [5.41, 5.74) is 2.91. The van der Waals surface area contributed by atoms with Crippen LogP contribution in [0.25, 0.3) is 0 Å². The molecule has 0 fully saturated rings. The van der Waals surface area contributed by atoms with Gasteiger partial charge in [-0.3, -0.25) is 4.79 Å². The molecule has 0 saturated heterocycles. The van der Waals surface area contributed by atoms with Crippen molar-refractivity contribution in [1.29, 1.82) is 0 Å². The summed E-state index contributed by atoms with van der Waals surface area (Å²) in [6.45, 7) is 0.997. The van der Waals surface area contributed by atoms with Gasteiger partial charge >= 0.3 is 0 Å². The van der Waals surface area contributed by atoms with E-state index < -0.39 is 0 Å². The van der Waals surface area contributed by atoms with E-state index in [1.54, 1.807) is 26.5 Å². The number of anilines is 1. The number of hydrogen-bond acceptors (Lipinski definition) is 5. The van der Waals surface area contributed by atoms with Crippen LogP contribution >= 0.6 is 0 Å². The average molecular weight is 380 g/mol. The van der Waals surface area contributed by atoms with E-state index in [9.17, 15) is 4.79 Å². The Bertz CT molecular complexity index is 889. The van der Waals surface area contributed by atoms with Crippen LogP contribution in [0.2, 0.25) is 0 Å². The molecule has 1 amide bonds. The zero-order valence-corrected chi connectivity index (χ0v) is 16.0. The summed E-state index contributed by atoms with van der Waals surface area (Å²) in [5.74, 6) is 2.28. The largest absolute Gasteiger partial charge is 0.497 e. The first-order valence-corrected chi connectivity index (χ1v) is 9.00. The number of furan rings is 1. The third-order valence-corrected chi connectivity index (χ3v) is 4.33. The Morgan fingerprint density at radius 1 is 1.00 bits per heavy atom. The monoisotopic (exact) mass is 380 g/mol. The number of carbonyl (C=O) groups is 1. The van der Waals surface area contributed by atoms with Crippen LogP contribution in [0.15, 0.2) is 65.3 Å². The van der Waals surface area contributed by atoms with Crippen molar-refractivity contribution in [3.63, 3.8) is 0 Å². The van der Waals surface area contributed by atoms with Crippen molar-refractivity contribution in [2.45, 2.75) is 19.5 Å². The summed E-state index contributed by atoms with van der Waals surface area (Å²) in [4.78, 5) is 12.0. The maximum Gasteiger partial charge on any atom is 0.224 e. The van der Waals surface area contributed by atoms with Crippen LogP contribution in [-0.2, 0) is 24.3 Å². The van der Waals surface area contributed by atoms with Gasteiger partial charge in [-0.05, 0) is 48.0 Å². The molecule has 6 nitrogen and oxygen atoms in total. The standard InChI is InChI=1S/C22H24N2O4/c1-26-19-9-10-21(27-2)17(13-19)14-23-18-7-5-16(6-8-18)12-22(25)24-15-20-4-3-11-28-20/h3-11,13,23H,12,14-15H2,1-2H3,(H,24,25). The number of amides is 1. The van der Waals surface area contributed by atoms with E-state index >= 15 is 0 Å². The SMILES string of the molecule is COc1ccc(OC)c(CNc2ccc(CC(=O)NCc3ccco3)cc2)c1. The lowest BCUT2D eigenvalue weighted by Gasteiger charge is -2.12. The highest BCUT2D eigenvalue weighted by Crippen LogP contribution is 2.25. The Hall–Kier alpha value is -3.41. The Morgan fingerprint density at radius 2 is 1.82 bits per heavy atom. The predicted octanol–water partition coefficient (Wildman–Crippen LogP) is 3.77. The van der Waals surface area contributed by atoms with Gasteiger partial charge in [0, 0.05) is 17.8 Å². The van der Waals surface area contributed by atoms with E-state index in [0.29, 0.717) is 19.5 Å². The van der Waals surface area contributed by atoms with Crippen molar-refractivity contribution >= 4 is 11.6 Å². The van der Waals surface area contributed by atoms with Crippen molar-refractivity contribution < 1.29 is 18.7 Å². The molecule has 3 aromatic rings. The predicted molar refractivity (Wildman–Crippen MR) is 108 cm³/mol. The van der Waals surface area contributed by atoms with Gasteiger partial charge in [-0.15, -0.1) is 0 Å². The number of ether oxygens (including phenoxy) is 2. The molecule has 2 N–H and O–H groups in total. The van der Waals surface area contributed by atoms with Crippen molar-refractivity contribution in [3.8, 4) is 11.5 Å². The Morgan fingerprint density at radius 3 is 2.50 bits per heavy atom. The van der Waals surface area contributed by atoms with E-state index in [2.05, 4.69) is 10.6 Å². The molecular weight excluding hydrogens is 356 g/mol. The number of carbonyl (C=O) groups excluding carboxylic acids is 1. The van der Waals surface area contributed by atoms with E-state index in [1.165, 1.54) is 0 Å². The van der Waals surface area contributed by atoms with Crippen molar-refractivity contribution in [2.75, 3.05) is 19.5 Å². The van der Waals surface area contributed by atoms with Gasteiger partial charge in [0.25, 0.3) is 0 Å². The molecule has 1 aromatic heterocycles. The fraction of sp³-hybridized carbons (Fsp3) is 0.227. The number of hydrogen-bond donors (Lipinski definition) is 2. The van der Waals surface area contributed by atoms with Crippen LogP contribution in [0.5, 0.6) is 11.5 Å². The van der Waals surface area contributed by atoms with Gasteiger partial charge < -0.3 is 24.5 Å². The molecule has 0 atom stereocenters. The van der Waals surface area contributed by atoms with Gasteiger partial charge in [0.1, 0.15) is 17.3 Å². The zero-order chi connectivity index (χ0) is 19.8. The van der Waals surface area contributed by atoms with Gasteiger partial charge in [-0.25, -0.2) is 0 Å². The molecule has 0 radical (unpaired) electrons. The van der Waals surface area contributed by atoms with Gasteiger partial charge in [0.2, 0.25) is 5.91 Å². The normalized spacial score (nSPS) is 10.4. The second kappa shape index (κ2) is 9.50. The minimum Gasteiger partial charge on any atom is -0.497 e. The molecule has 0 spiro atoms. The van der Waals surface area contributed by atoms with Gasteiger partial charge in [0.15, 0.2) is 0 Å². The molecule has 0 aliphatic carbocycles. The van der Waals surface area contributed by atoms with Crippen molar-refractivity contribution in [2.24, 2.45) is 0 Å². The van der Waals surface area contributed by atoms with Crippen molar-refractivity contribution in [3.05, 3.63) is 77.7 Å². The first-order chi connectivity index (χ1) is 13.7. The number of benzene rings is 2. The molecule has 2 aromatic carbocycles. The molecule has 1 heterocycles. The van der Waals surface area contributed by atoms with Crippen LogP contribution in [0.3, 0.4) is 0 Å². The summed E-state index contributed by atoms with van der Waals surface area (Å²) >= 11 is 0. The molecule has 146 valence electrons. The maximum atomic E-state index is 12.0. The minimum absolute atomic E-state index is 0.0433. The van der Waals surface area contributed by atoms with Crippen LogP contribution < -0.4 is 20.1 Å². The molecule has 6 heteroatoms. The summed E-state index contributed by atoms with van der Waals surface area (Å²) in [6, 6.07) is 17.1. The van der Waals surface area contributed by atoms with Crippen LogP contribution in [0.4, 0.5) is 5.69 Å². The topological polar surface area (TPSA) is 72.7 Å². The second-order valence-electron chi connectivity index (χ2n) is 6.26. The lowest BCUT2D eigenvalue weighted by atomic mass is 10.1. The summed E-state index contributed by atoms with van der Waals surface area (Å²) in [6.07, 6.45) is 1.92. The van der Waals surface area contributed by atoms with Crippen LogP contribution in [0, 0.1) is 0 Å². The highest BCUT2D eigenvalue weighted by atomic mass is 16.5. The highest BCUT2D eigenvalue weighted by molar-refractivity contribution is 5.78. The van der Waals surface area contributed by atoms with Gasteiger partial charge in [-0.2, -0.15) is 0 Å². The van der Waals surface area contributed by atoms with Gasteiger partial charge in [-0.1, -0.05) is 12.1 Å². The van der Waals surface area contributed by atoms with E-state index in [1.807, 2.05) is 48.5 Å². The Kier molecular flexibility index (Phi) is 6.57. The molecule has 0 unspecified atom stereocenters. The van der Waals surface area contributed by atoms with E-state index in [4.69, 9.17) is 13.9 Å². The second-order valence-corrected chi connectivity index (χ2v) is 6.26. The molecule has 0 aliphatic rings. The Balaban J connectivity index is 1.52. The molecule has 3 rings (SSSR count). The molecule has 28 heavy (non-hydrogen) atoms. The third kappa shape index (κ3) is 5.30. The first-order valence-electron chi connectivity index (χ1n) is 9.00. The maximum absolute atomic E-state index is 12.0. The quantitative estimate of drug-likeness (QED) is 0.591. The summed E-state index contributed by atoms with van der Waals surface area (Å²) in [5, 5.41) is 6.21. The molecular formula is C22H24N2O4. The van der Waals surface area contributed by atoms with E-state index in [0.717, 1.165) is 34.1 Å². The number of nitrogens with one attached hydrogen (secondary N) is 2. The lowest BCUT2D eigenvalue weighted by molar-refractivity contribution is -0.120. The van der Waals surface area contributed by atoms with Crippen molar-refractivity contribution in [1.82, 2.24) is 5.32 Å².